The molecule has 1 aromatic heterocycles. The van der Waals surface area contributed by atoms with Gasteiger partial charge in [0.05, 0.1) is 17.8 Å². The van der Waals surface area contributed by atoms with Crippen molar-refractivity contribution in [3.8, 4) is 44.5 Å². The van der Waals surface area contributed by atoms with Gasteiger partial charge in [0, 0.05) is 10.8 Å². The molecule has 1 heteroatoms. The summed E-state index contributed by atoms with van der Waals surface area (Å²) in [7, 11) is 0. The molecule has 49 heavy (non-hydrogen) atoms. The first-order valence-corrected chi connectivity index (χ1v) is 15.8. The van der Waals surface area contributed by atoms with Gasteiger partial charge in [0.25, 0.3) is 0 Å². The Bertz CT molecular complexity index is 3510. The molecule has 0 aliphatic carbocycles. The van der Waals surface area contributed by atoms with E-state index in [1.54, 1.807) is 60.7 Å². The predicted octanol–water partition coefficient (Wildman–Crippen LogP) is 13.7. The van der Waals surface area contributed by atoms with E-state index in [4.69, 9.17) is 14.0 Å². The second-order valence-electron chi connectivity index (χ2n) is 11.8. The van der Waals surface area contributed by atoms with Crippen molar-refractivity contribution in [2.75, 3.05) is 0 Å². The standard InChI is InChI=1S/C48H30O/c1-2-11-31(12-3-1)32-21-23-33(24-22-32)34-25-27-35(28-26-34)46-38-15-6-8-17-40(38)47(41-18-9-7-16-39(41)46)42-19-10-20-44-48(42)43-29-36-13-4-5-14-37(36)30-45(43)49-44/h1-30H/i4D,5D,10D,13D,14D,19D,20D,25D,26D,27D,28D,29D,30D. The summed E-state index contributed by atoms with van der Waals surface area (Å²) in [6.45, 7) is 0. The van der Waals surface area contributed by atoms with Crippen molar-refractivity contribution in [2.45, 2.75) is 0 Å². The molecule has 10 aromatic rings. The maximum absolute atomic E-state index is 9.47. The summed E-state index contributed by atoms with van der Waals surface area (Å²) in [5.74, 6) is 0. The van der Waals surface area contributed by atoms with Crippen molar-refractivity contribution in [3.63, 3.8) is 0 Å². The van der Waals surface area contributed by atoms with Crippen LogP contribution in [0.15, 0.2) is 186 Å². The number of hydrogen-bond acceptors (Lipinski definition) is 1. The summed E-state index contributed by atoms with van der Waals surface area (Å²) in [5, 5.41) is 1.51. The molecule has 0 radical (unpaired) electrons. The van der Waals surface area contributed by atoms with E-state index in [0.717, 1.165) is 11.1 Å². The first-order chi connectivity index (χ1) is 29.7. The molecule has 0 aliphatic rings. The highest BCUT2D eigenvalue weighted by atomic mass is 16.3. The van der Waals surface area contributed by atoms with E-state index in [2.05, 4.69) is 0 Å². The monoisotopic (exact) mass is 635 g/mol. The summed E-state index contributed by atoms with van der Waals surface area (Å²) in [4.78, 5) is 0. The number of hydrogen-bond donors (Lipinski definition) is 0. The van der Waals surface area contributed by atoms with E-state index in [1.165, 1.54) is 0 Å². The summed E-state index contributed by atoms with van der Waals surface area (Å²) in [6, 6.07) is 25.9. The average molecular weight is 636 g/mol. The molecule has 1 heterocycles. The van der Waals surface area contributed by atoms with Crippen molar-refractivity contribution < 1.29 is 22.2 Å². The predicted molar refractivity (Wildman–Crippen MR) is 208 cm³/mol. The van der Waals surface area contributed by atoms with Crippen LogP contribution in [0.5, 0.6) is 0 Å². The fourth-order valence-electron chi connectivity index (χ4n) is 6.81. The van der Waals surface area contributed by atoms with Crippen LogP contribution in [0.3, 0.4) is 0 Å². The van der Waals surface area contributed by atoms with Crippen LogP contribution in [-0.4, -0.2) is 0 Å². The lowest BCUT2D eigenvalue weighted by molar-refractivity contribution is 0.669. The van der Waals surface area contributed by atoms with Crippen LogP contribution in [0.25, 0.3) is 98.8 Å². The van der Waals surface area contributed by atoms with Gasteiger partial charge in [0.2, 0.25) is 0 Å². The Morgan fingerprint density at radius 2 is 0.898 bits per heavy atom. The zero-order valence-electron chi connectivity index (χ0n) is 38.7. The highest BCUT2D eigenvalue weighted by molar-refractivity contribution is 6.26. The average Bonchev–Trinajstić information content (AvgIpc) is 3.70. The van der Waals surface area contributed by atoms with Gasteiger partial charge in [0.15, 0.2) is 0 Å². The van der Waals surface area contributed by atoms with Gasteiger partial charge < -0.3 is 4.42 Å². The van der Waals surface area contributed by atoms with E-state index >= 15 is 0 Å². The highest BCUT2D eigenvalue weighted by Gasteiger charge is 2.20. The van der Waals surface area contributed by atoms with E-state index in [0.29, 0.717) is 38.2 Å². The molecule has 0 atom stereocenters. The molecular formula is C48H30O. The van der Waals surface area contributed by atoms with Gasteiger partial charge in [-0.1, -0.05) is 164 Å². The first kappa shape index (κ1) is 17.6. The minimum absolute atomic E-state index is 0.0498. The summed E-state index contributed by atoms with van der Waals surface area (Å²) >= 11 is 0. The fourth-order valence-corrected chi connectivity index (χ4v) is 6.81. The maximum Gasteiger partial charge on any atom is 0.136 e. The quantitative estimate of drug-likeness (QED) is 0.175. The molecule has 228 valence electrons. The SMILES string of the molecule is [2H]c1c([2H])c(-c2c3ccccc3c(-c3c([2H])c([2H])c([2H])c4oc5c([2H])c6c([2H])c([2H])c([2H])c([2H])c6c([2H])c5c34)c3ccccc23)c([2H])c([2H])c1-c1ccc(-c2ccccc2)cc1. The van der Waals surface area contributed by atoms with Crippen molar-refractivity contribution >= 4 is 54.3 Å². The minimum atomic E-state index is -0.589. The Kier molecular flexibility index (Phi) is 3.99. The van der Waals surface area contributed by atoms with Crippen molar-refractivity contribution in [1.29, 1.82) is 0 Å². The summed E-state index contributed by atoms with van der Waals surface area (Å²) < 4.78 is 124. The number of furan rings is 1. The van der Waals surface area contributed by atoms with Crippen LogP contribution in [0.4, 0.5) is 0 Å². The molecule has 0 saturated heterocycles. The molecule has 0 aliphatic heterocycles. The molecule has 0 amide bonds. The van der Waals surface area contributed by atoms with Crippen LogP contribution < -0.4 is 0 Å². The smallest absolute Gasteiger partial charge is 0.136 e. The topological polar surface area (TPSA) is 13.1 Å². The zero-order valence-corrected chi connectivity index (χ0v) is 25.7. The van der Waals surface area contributed by atoms with Crippen molar-refractivity contribution in [2.24, 2.45) is 0 Å². The van der Waals surface area contributed by atoms with Gasteiger partial charge in [0.1, 0.15) is 11.2 Å². The maximum atomic E-state index is 9.47. The van der Waals surface area contributed by atoms with E-state index in [9.17, 15) is 8.22 Å². The Balaban J connectivity index is 1.30. The Morgan fingerprint density at radius 1 is 0.367 bits per heavy atom. The lowest BCUT2D eigenvalue weighted by Crippen LogP contribution is -1.91. The van der Waals surface area contributed by atoms with Crippen molar-refractivity contribution in [1.82, 2.24) is 0 Å². The Morgan fingerprint density at radius 3 is 1.55 bits per heavy atom. The molecule has 0 spiro atoms. The van der Waals surface area contributed by atoms with Gasteiger partial charge in [-0.2, -0.15) is 0 Å². The molecule has 0 saturated carbocycles. The van der Waals surface area contributed by atoms with Crippen LogP contribution in [0, 0.1) is 0 Å². The molecular weight excluding hydrogens is 593 g/mol. The van der Waals surface area contributed by atoms with Gasteiger partial charge in [-0.25, -0.2) is 0 Å². The summed E-state index contributed by atoms with van der Waals surface area (Å²) in [6.07, 6.45) is 0. The molecule has 0 fully saturated rings. The summed E-state index contributed by atoms with van der Waals surface area (Å²) in [5.41, 5.74) is 3.11. The van der Waals surface area contributed by atoms with E-state index < -0.39 is 48.3 Å². The normalized spacial score (nSPS) is 15.4. The van der Waals surface area contributed by atoms with Gasteiger partial charge in [-0.3, -0.25) is 0 Å². The highest BCUT2D eigenvalue weighted by Crippen LogP contribution is 2.47. The van der Waals surface area contributed by atoms with Crippen LogP contribution in [-0.2, 0) is 0 Å². The molecule has 10 rings (SSSR count). The Labute approximate surface area is 302 Å². The Hall–Kier alpha value is -6.44. The number of rotatable bonds is 4. The van der Waals surface area contributed by atoms with Crippen LogP contribution >= 0.6 is 0 Å². The molecule has 9 aromatic carbocycles. The molecule has 1 nitrogen and oxygen atoms in total. The van der Waals surface area contributed by atoms with Gasteiger partial charge >= 0.3 is 0 Å². The number of benzene rings is 9. The fraction of sp³-hybridized carbons (Fsp3) is 0. The lowest BCUT2D eigenvalue weighted by Gasteiger charge is -2.18. The van der Waals surface area contributed by atoms with Crippen molar-refractivity contribution in [3.05, 3.63) is 182 Å². The van der Waals surface area contributed by atoms with Gasteiger partial charge in [-0.05, 0) is 95.0 Å². The van der Waals surface area contributed by atoms with E-state index in [-0.39, 0.29) is 79.6 Å². The molecule has 0 bridgehead atoms. The largest absolute Gasteiger partial charge is 0.456 e. The second-order valence-corrected chi connectivity index (χ2v) is 11.8. The van der Waals surface area contributed by atoms with Gasteiger partial charge in [-0.15, -0.1) is 0 Å². The third-order valence-electron chi connectivity index (χ3n) is 9.03. The third-order valence-corrected chi connectivity index (χ3v) is 9.03. The lowest BCUT2D eigenvalue weighted by atomic mass is 9.84. The number of fused-ring (bicyclic) bond motifs is 6. The minimum Gasteiger partial charge on any atom is -0.456 e. The van der Waals surface area contributed by atoms with Crippen LogP contribution in [0.2, 0.25) is 0 Å². The van der Waals surface area contributed by atoms with E-state index in [1.807, 2.05) is 42.5 Å². The molecule has 0 N–H and O–H groups in total. The van der Waals surface area contributed by atoms with Crippen LogP contribution in [0.1, 0.15) is 17.8 Å². The zero-order chi connectivity index (χ0) is 43.6. The molecule has 0 unspecified atom stereocenters. The third kappa shape index (κ3) is 4.47. The second kappa shape index (κ2) is 11.1. The first-order valence-electron chi connectivity index (χ1n) is 22.3.